The molecule has 0 aliphatic carbocycles. The van der Waals surface area contributed by atoms with Gasteiger partial charge in [0.2, 0.25) is 0 Å². The first kappa shape index (κ1) is 11.1. The summed E-state index contributed by atoms with van der Waals surface area (Å²) in [4.78, 5) is 10.7. The molecule has 1 aromatic carbocycles. The van der Waals surface area contributed by atoms with E-state index in [1.807, 2.05) is 0 Å². The Kier molecular flexibility index (Phi) is 2.99. The van der Waals surface area contributed by atoms with Gasteiger partial charge in [-0.15, -0.1) is 5.10 Å². The standard InChI is InChI=1S/C10H8FN3O3/c11-6-2-1-3-7(4-6)17-5-8-9(10(15)16)13-14-12-8/h1-4H,5H2,(H,15,16)(H,12,13,14). The van der Waals surface area contributed by atoms with E-state index in [9.17, 15) is 9.18 Å². The number of aromatic nitrogens is 3. The fourth-order valence-electron chi connectivity index (χ4n) is 1.23. The maximum absolute atomic E-state index is 12.8. The van der Waals surface area contributed by atoms with Gasteiger partial charge >= 0.3 is 5.97 Å². The lowest BCUT2D eigenvalue weighted by molar-refractivity contribution is 0.0687. The SMILES string of the molecule is O=C(O)c1n[nH]nc1COc1cccc(F)c1. The minimum atomic E-state index is -1.20. The second-order valence-corrected chi connectivity index (χ2v) is 3.17. The second-order valence-electron chi connectivity index (χ2n) is 3.17. The van der Waals surface area contributed by atoms with Gasteiger partial charge in [-0.1, -0.05) is 6.07 Å². The average Bonchev–Trinajstić information content (AvgIpc) is 2.74. The zero-order valence-corrected chi connectivity index (χ0v) is 8.55. The van der Waals surface area contributed by atoms with Gasteiger partial charge in [0.05, 0.1) is 0 Å². The maximum Gasteiger partial charge on any atom is 0.358 e. The third-order valence-corrected chi connectivity index (χ3v) is 1.99. The first-order valence-corrected chi connectivity index (χ1v) is 4.68. The molecule has 6 nitrogen and oxygen atoms in total. The smallest absolute Gasteiger partial charge is 0.358 e. The number of halogens is 1. The molecule has 0 bridgehead atoms. The molecule has 0 saturated carbocycles. The number of hydrogen-bond acceptors (Lipinski definition) is 4. The number of aromatic carboxylic acids is 1. The molecular formula is C10H8FN3O3. The van der Waals surface area contributed by atoms with Gasteiger partial charge in [-0.2, -0.15) is 10.3 Å². The second kappa shape index (κ2) is 4.60. The van der Waals surface area contributed by atoms with Crippen molar-refractivity contribution in [2.45, 2.75) is 6.61 Å². The molecule has 0 amide bonds. The normalized spacial score (nSPS) is 10.2. The van der Waals surface area contributed by atoms with Crippen LogP contribution in [0.1, 0.15) is 16.2 Å². The topological polar surface area (TPSA) is 88.1 Å². The van der Waals surface area contributed by atoms with E-state index in [2.05, 4.69) is 15.4 Å². The highest BCUT2D eigenvalue weighted by Gasteiger charge is 2.15. The number of ether oxygens (including phenoxy) is 1. The van der Waals surface area contributed by atoms with Crippen LogP contribution in [0.15, 0.2) is 24.3 Å². The van der Waals surface area contributed by atoms with Crippen LogP contribution in [-0.4, -0.2) is 26.5 Å². The van der Waals surface area contributed by atoms with Crippen molar-refractivity contribution in [2.75, 3.05) is 0 Å². The molecule has 0 atom stereocenters. The van der Waals surface area contributed by atoms with E-state index < -0.39 is 11.8 Å². The van der Waals surface area contributed by atoms with E-state index in [1.54, 1.807) is 6.07 Å². The Morgan fingerprint density at radius 3 is 3.00 bits per heavy atom. The van der Waals surface area contributed by atoms with Crippen LogP contribution >= 0.6 is 0 Å². The Labute approximate surface area is 95.0 Å². The predicted octanol–water partition coefficient (Wildman–Crippen LogP) is 1.22. The van der Waals surface area contributed by atoms with E-state index in [4.69, 9.17) is 9.84 Å². The van der Waals surface area contributed by atoms with Crippen molar-refractivity contribution in [2.24, 2.45) is 0 Å². The highest BCUT2D eigenvalue weighted by Crippen LogP contribution is 2.14. The van der Waals surface area contributed by atoms with Crippen LogP contribution in [0.25, 0.3) is 0 Å². The van der Waals surface area contributed by atoms with Crippen LogP contribution in [0.4, 0.5) is 4.39 Å². The van der Waals surface area contributed by atoms with Crippen molar-refractivity contribution in [1.29, 1.82) is 0 Å². The quantitative estimate of drug-likeness (QED) is 0.834. The van der Waals surface area contributed by atoms with E-state index in [-0.39, 0.29) is 18.0 Å². The number of H-pyrrole nitrogens is 1. The zero-order valence-electron chi connectivity index (χ0n) is 8.55. The van der Waals surface area contributed by atoms with Crippen LogP contribution in [0.3, 0.4) is 0 Å². The predicted molar refractivity (Wildman–Crippen MR) is 54.1 cm³/mol. The molecule has 0 unspecified atom stereocenters. The lowest BCUT2D eigenvalue weighted by Crippen LogP contribution is -2.05. The number of aromatic amines is 1. The van der Waals surface area contributed by atoms with Crippen LogP contribution < -0.4 is 4.74 Å². The van der Waals surface area contributed by atoms with Gasteiger partial charge < -0.3 is 9.84 Å². The molecule has 0 saturated heterocycles. The molecule has 2 aromatic rings. The van der Waals surface area contributed by atoms with Gasteiger partial charge in [0, 0.05) is 6.07 Å². The third kappa shape index (κ3) is 2.57. The molecule has 2 rings (SSSR count). The summed E-state index contributed by atoms with van der Waals surface area (Å²) in [6.07, 6.45) is 0. The van der Waals surface area contributed by atoms with Gasteiger partial charge in [-0.3, -0.25) is 0 Å². The van der Waals surface area contributed by atoms with Crippen LogP contribution in [0.5, 0.6) is 5.75 Å². The third-order valence-electron chi connectivity index (χ3n) is 1.99. The van der Waals surface area contributed by atoms with Crippen molar-refractivity contribution in [1.82, 2.24) is 15.4 Å². The largest absolute Gasteiger partial charge is 0.487 e. The summed E-state index contributed by atoms with van der Waals surface area (Å²) in [7, 11) is 0. The maximum atomic E-state index is 12.8. The molecule has 7 heteroatoms. The monoisotopic (exact) mass is 237 g/mol. The Bertz CT molecular complexity index is 541. The number of benzene rings is 1. The highest BCUT2D eigenvalue weighted by molar-refractivity contribution is 5.86. The molecule has 0 aliphatic rings. The number of nitrogens with zero attached hydrogens (tertiary/aromatic N) is 2. The molecule has 0 aliphatic heterocycles. The Balaban J connectivity index is 2.07. The van der Waals surface area contributed by atoms with Gasteiger partial charge in [0.15, 0.2) is 5.69 Å². The van der Waals surface area contributed by atoms with Gasteiger partial charge in [0.1, 0.15) is 23.9 Å². The zero-order chi connectivity index (χ0) is 12.3. The van der Waals surface area contributed by atoms with Crippen molar-refractivity contribution in [3.63, 3.8) is 0 Å². The molecule has 0 fully saturated rings. The molecule has 1 aromatic heterocycles. The first-order chi connectivity index (χ1) is 8.16. The summed E-state index contributed by atoms with van der Waals surface area (Å²) in [5.41, 5.74) is -0.0526. The van der Waals surface area contributed by atoms with Crippen molar-refractivity contribution < 1.29 is 19.0 Å². The van der Waals surface area contributed by atoms with E-state index in [0.717, 1.165) is 0 Å². The highest BCUT2D eigenvalue weighted by atomic mass is 19.1. The molecule has 88 valence electrons. The molecule has 2 N–H and O–H groups in total. The summed E-state index contributed by atoms with van der Waals surface area (Å²) in [6.45, 7) is -0.0956. The summed E-state index contributed by atoms with van der Waals surface area (Å²) >= 11 is 0. The Morgan fingerprint density at radius 2 is 2.29 bits per heavy atom. The molecule has 0 spiro atoms. The van der Waals surface area contributed by atoms with Crippen LogP contribution in [-0.2, 0) is 6.61 Å². The molecule has 17 heavy (non-hydrogen) atoms. The summed E-state index contributed by atoms with van der Waals surface area (Å²) < 4.78 is 18.0. The molecule has 1 heterocycles. The van der Waals surface area contributed by atoms with Crippen molar-refractivity contribution >= 4 is 5.97 Å². The number of nitrogens with one attached hydrogen (secondary N) is 1. The van der Waals surface area contributed by atoms with E-state index >= 15 is 0 Å². The van der Waals surface area contributed by atoms with Crippen LogP contribution in [0.2, 0.25) is 0 Å². The van der Waals surface area contributed by atoms with E-state index in [0.29, 0.717) is 5.75 Å². The van der Waals surface area contributed by atoms with Gasteiger partial charge in [0.25, 0.3) is 0 Å². The van der Waals surface area contributed by atoms with E-state index in [1.165, 1.54) is 18.2 Å². The minimum Gasteiger partial charge on any atom is -0.487 e. The first-order valence-electron chi connectivity index (χ1n) is 4.68. The average molecular weight is 237 g/mol. The van der Waals surface area contributed by atoms with Crippen LogP contribution in [0, 0.1) is 5.82 Å². The van der Waals surface area contributed by atoms with Crippen molar-refractivity contribution in [3.8, 4) is 5.75 Å². The minimum absolute atomic E-state index is 0.0956. The number of carbonyl (C=O) groups is 1. The lowest BCUT2D eigenvalue weighted by atomic mass is 10.3. The number of rotatable bonds is 4. The summed E-state index contributed by atoms with van der Waals surface area (Å²) in [5.74, 6) is -1.33. The van der Waals surface area contributed by atoms with Crippen molar-refractivity contribution in [3.05, 3.63) is 41.5 Å². The van der Waals surface area contributed by atoms with Gasteiger partial charge in [-0.05, 0) is 12.1 Å². The Hall–Kier alpha value is -2.44. The van der Waals surface area contributed by atoms with Gasteiger partial charge in [-0.25, -0.2) is 9.18 Å². The number of carboxylic acid groups (broad SMARTS) is 1. The fourth-order valence-corrected chi connectivity index (χ4v) is 1.23. The lowest BCUT2D eigenvalue weighted by Gasteiger charge is -2.03. The number of hydrogen-bond donors (Lipinski definition) is 2. The molecular weight excluding hydrogens is 229 g/mol. The fraction of sp³-hybridized carbons (Fsp3) is 0.100. The summed E-state index contributed by atoms with van der Waals surface area (Å²) in [6, 6.07) is 5.53. The summed E-state index contributed by atoms with van der Waals surface area (Å²) in [5, 5.41) is 18.0. The number of carboxylic acids is 1. The molecule has 0 radical (unpaired) electrons. The Morgan fingerprint density at radius 1 is 1.47 bits per heavy atom.